The van der Waals surface area contributed by atoms with Crippen LogP contribution < -0.4 is 10.6 Å². The number of carboxylic acids is 1. The van der Waals surface area contributed by atoms with Crippen molar-refractivity contribution in [1.82, 2.24) is 10.6 Å². The number of carbonyl (C=O) groups is 3. The molecule has 0 aromatic heterocycles. The summed E-state index contributed by atoms with van der Waals surface area (Å²) in [4.78, 5) is 36.7. The smallest absolute Gasteiger partial charge is 0.407 e. The molecule has 1 saturated carbocycles. The summed E-state index contributed by atoms with van der Waals surface area (Å²) in [6.45, 7) is 2.23. The lowest BCUT2D eigenvalue weighted by molar-refractivity contribution is -0.138. The summed E-state index contributed by atoms with van der Waals surface area (Å²) in [6.07, 6.45) is 3.96. The van der Waals surface area contributed by atoms with Gasteiger partial charge < -0.3 is 20.5 Å². The summed E-state index contributed by atoms with van der Waals surface area (Å²) in [6, 6.07) is 15.6. The third-order valence-corrected chi connectivity index (χ3v) is 7.15. The van der Waals surface area contributed by atoms with Crippen LogP contribution in [0.25, 0.3) is 11.1 Å². The molecule has 7 heteroatoms. The molecule has 0 saturated heterocycles. The van der Waals surface area contributed by atoms with Crippen molar-refractivity contribution in [1.29, 1.82) is 0 Å². The average molecular weight is 479 g/mol. The Morgan fingerprint density at radius 1 is 1.03 bits per heavy atom. The van der Waals surface area contributed by atoms with Crippen molar-refractivity contribution < 1.29 is 24.2 Å². The Balaban J connectivity index is 1.34. The molecule has 0 heterocycles. The second kappa shape index (κ2) is 11.4. The zero-order chi connectivity index (χ0) is 24.8. The molecule has 0 aliphatic heterocycles. The first-order chi connectivity index (χ1) is 17.0. The van der Waals surface area contributed by atoms with Gasteiger partial charge in [-0.1, -0.05) is 68.3 Å². The van der Waals surface area contributed by atoms with E-state index in [0.717, 1.165) is 47.9 Å². The quantitative estimate of drug-likeness (QED) is 0.453. The number of alkyl carbamates (subject to hydrolysis) is 1. The van der Waals surface area contributed by atoms with Crippen LogP contribution in [0, 0.1) is 5.92 Å². The van der Waals surface area contributed by atoms with Crippen LogP contribution in [0.1, 0.15) is 68.9 Å². The molecule has 2 aliphatic carbocycles. The summed E-state index contributed by atoms with van der Waals surface area (Å²) in [5.41, 5.74) is 4.60. The van der Waals surface area contributed by atoms with E-state index in [1.807, 2.05) is 31.2 Å². The highest BCUT2D eigenvalue weighted by Crippen LogP contribution is 2.44. The predicted octanol–water partition coefficient (Wildman–Crippen LogP) is 4.84. The number of unbranched alkanes of at least 4 members (excludes halogenated alkanes) is 1. The van der Waals surface area contributed by atoms with E-state index in [1.165, 1.54) is 0 Å². The van der Waals surface area contributed by atoms with E-state index < -0.39 is 18.1 Å². The molecule has 2 aromatic carbocycles. The molecule has 3 unspecified atom stereocenters. The molecule has 0 bridgehead atoms. The number of ether oxygens (including phenoxy) is 1. The lowest BCUT2D eigenvalue weighted by atomic mass is 9.98. The normalized spacial score (nSPS) is 19.5. The number of amides is 2. The number of rotatable bonds is 10. The Morgan fingerprint density at radius 3 is 2.31 bits per heavy atom. The van der Waals surface area contributed by atoms with Crippen molar-refractivity contribution >= 4 is 18.0 Å². The maximum atomic E-state index is 13.0. The van der Waals surface area contributed by atoms with Crippen molar-refractivity contribution in [3.63, 3.8) is 0 Å². The van der Waals surface area contributed by atoms with Crippen molar-refractivity contribution in [2.24, 2.45) is 5.92 Å². The van der Waals surface area contributed by atoms with E-state index in [2.05, 4.69) is 34.9 Å². The fourth-order valence-electron chi connectivity index (χ4n) is 5.40. The number of nitrogens with one attached hydrogen (secondary N) is 2. The van der Waals surface area contributed by atoms with Gasteiger partial charge in [-0.25, -0.2) is 4.79 Å². The molecule has 3 atom stereocenters. The number of hydrogen-bond donors (Lipinski definition) is 3. The lowest BCUT2D eigenvalue weighted by Gasteiger charge is -2.22. The van der Waals surface area contributed by atoms with Gasteiger partial charge in [-0.2, -0.15) is 0 Å². The molecule has 3 N–H and O–H groups in total. The molecule has 0 spiro atoms. The van der Waals surface area contributed by atoms with Gasteiger partial charge in [0.1, 0.15) is 12.6 Å². The zero-order valence-corrected chi connectivity index (χ0v) is 20.2. The molecule has 2 aromatic rings. The van der Waals surface area contributed by atoms with Gasteiger partial charge in [0.15, 0.2) is 0 Å². The van der Waals surface area contributed by atoms with Gasteiger partial charge in [0.2, 0.25) is 5.91 Å². The summed E-state index contributed by atoms with van der Waals surface area (Å²) >= 11 is 0. The predicted molar refractivity (Wildman–Crippen MR) is 133 cm³/mol. The second-order valence-electron chi connectivity index (χ2n) is 9.65. The number of hydrogen-bond acceptors (Lipinski definition) is 4. The Labute approximate surface area is 206 Å². The van der Waals surface area contributed by atoms with Crippen molar-refractivity contribution in [2.45, 2.75) is 69.9 Å². The standard InChI is InChI=1S/C28H34N2O5/c1-2-3-12-25(27(33)29-19-14-13-18(15-19)16-26(31)32)30-28(34)35-17-24-22-10-6-4-8-20(22)21-9-5-7-11-23(21)24/h4-11,18-19,24-25H,2-3,12-17H2,1H3,(H,29,33)(H,30,34)(H,31,32). The SMILES string of the molecule is CCCCC(NC(=O)OCC1c2ccccc2-c2ccccc21)C(=O)NC1CCC(CC(=O)O)C1. The van der Waals surface area contributed by atoms with Crippen molar-refractivity contribution in [3.05, 3.63) is 59.7 Å². The highest BCUT2D eigenvalue weighted by Gasteiger charge is 2.31. The molecule has 7 nitrogen and oxygen atoms in total. The first-order valence-corrected chi connectivity index (χ1v) is 12.6. The second-order valence-corrected chi connectivity index (χ2v) is 9.65. The van der Waals surface area contributed by atoms with Crippen molar-refractivity contribution in [3.8, 4) is 11.1 Å². The molecule has 2 amide bonds. The number of carbonyl (C=O) groups excluding carboxylic acids is 2. The third-order valence-electron chi connectivity index (χ3n) is 7.15. The molecule has 1 fully saturated rings. The number of aliphatic carboxylic acids is 1. The third kappa shape index (κ3) is 6.02. The van der Waals surface area contributed by atoms with Crippen LogP contribution >= 0.6 is 0 Å². The summed E-state index contributed by atoms with van der Waals surface area (Å²) in [5, 5.41) is 14.8. The van der Waals surface area contributed by atoms with E-state index in [9.17, 15) is 14.4 Å². The van der Waals surface area contributed by atoms with Crippen LogP contribution in [0.4, 0.5) is 4.79 Å². The number of carboxylic acid groups (broad SMARTS) is 1. The summed E-state index contributed by atoms with van der Waals surface area (Å²) < 4.78 is 5.64. The van der Waals surface area contributed by atoms with Crippen LogP contribution in [0.2, 0.25) is 0 Å². The Hall–Kier alpha value is -3.35. The maximum Gasteiger partial charge on any atom is 0.407 e. The van der Waals surface area contributed by atoms with Gasteiger partial charge in [-0.3, -0.25) is 9.59 Å². The molecule has 0 radical (unpaired) electrons. The topological polar surface area (TPSA) is 105 Å². The highest BCUT2D eigenvalue weighted by molar-refractivity contribution is 5.86. The van der Waals surface area contributed by atoms with Gasteiger partial charge in [0.05, 0.1) is 0 Å². The van der Waals surface area contributed by atoms with E-state index in [1.54, 1.807) is 0 Å². The molecular weight excluding hydrogens is 444 g/mol. The Morgan fingerprint density at radius 2 is 1.69 bits per heavy atom. The summed E-state index contributed by atoms with van der Waals surface area (Å²) in [7, 11) is 0. The van der Waals surface area contributed by atoms with E-state index >= 15 is 0 Å². The molecule has 186 valence electrons. The van der Waals surface area contributed by atoms with E-state index in [4.69, 9.17) is 9.84 Å². The number of fused-ring (bicyclic) bond motifs is 3. The zero-order valence-electron chi connectivity index (χ0n) is 20.2. The minimum atomic E-state index is -0.806. The van der Waals surface area contributed by atoms with Crippen LogP contribution in [-0.2, 0) is 14.3 Å². The first kappa shape index (κ1) is 24.8. The van der Waals surface area contributed by atoms with Crippen LogP contribution in [0.15, 0.2) is 48.5 Å². The first-order valence-electron chi connectivity index (χ1n) is 12.6. The molecule has 4 rings (SSSR count). The molecule has 2 aliphatic rings. The minimum absolute atomic E-state index is 0.0410. The largest absolute Gasteiger partial charge is 0.481 e. The fourth-order valence-corrected chi connectivity index (χ4v) is 5.40. The molecule has 35 heavy (non-hydrogen) atoms. The minimum Gasteiger partial charge on any atom is -0.481 e. The van der Waals surface area contributed by atoms with Gasteiger partial charge in [-0.05, 0) is 53.9 Å². The van der Waals surface area contributed by atoms with E-state index in [0.29, 0.717) is 12.8 Å². The van der Waals surface area contributed by atoms with Gasteiger partial charge in [0, 0.05) is 18.4 Å². The summed E-state index contributed by atoms with van der Waals surface area (Å²) in [5.74, 6) is -0.990. The Kier molecular flexibility index (Phi) is 8.06. The fraction of sp³-hybridized carbons (Fsp3) is 0.464. The van der Waals surface area contributed by atoms with Crippen LogP contribution in [0.5, 0.6) is 0 Å². The monoisotopic (exact) mass is 478 g/mol. The maximum absolute atomic E-state index is 13.0. The highest BCUT2D eigenvalue weighted by atomic mass is 16.5. The van der Waals surface area contributed by atoms with E-state index in [-0.39, 0.29) is 36.8 Å². The average Bonchev–Trinajstić information content (AvgIpc) is 3.41. The lowest BCUT2D eigenvalue weighted by Crippen LogP contribution is -2.49. The van der Waals surface area contributed by atoms with Gasteiger partial charge in [-0.15, -0.1) is 0 Å². The van der Waals surface area contributed by atoms with Gasteiger partial charge >= 0.3 is 12.1 Å². The van der Waals surface area contributed by atoms with Gasteiger partial charge in [0.25, 0.3) is 0 Å². The number of benzene rings is 2. The van der Waals surface area contributed by atoms with Crippen molar-refractivity contribution in [2.75, 3.05) is 6.61 Å². The van der Waals surface area contributed by atoms with Crippen LogP contribution in [-0.4, -0.2) is 41.8 Å². The molecular formula is C28H34N2O5. The Bertz CT molecular complexity index is 1020. The van der Waals surface area contributed by atoms with Crippen LogP contribution in [0.3, 0.4) is 0 Å².